The standard InChI is InChI=1S/C21H30N2O4S/c1-12-8-4-6-10-16(12)23-19(25)13(2)27-21(26)18-15-9-5-7-11-17(15)28-20(18)22-14(3)24/h12-13,16H,4-11H2,1-3H3,(H,22,24)(H,23,25). The number of carbonyl (C=O) groups excluding carboxylic acids is 3. The lowest BCUT2D eigenvalue weighted by Gasteiger charge is -2.30. The summed E-state index contributed by atoms with van der Waals surface area (Å²) in [6.07, 6.45) is 7.34. The zero-order valence-corrected chi connectivity index (χ0v) is 17.7. The van der Waals surface area contributed by atoms with Crippen LogP contribution in [0.25, 0.3) is 0 Å². The van der Waals surface area contributed by atoms with E-state index in [0.717, 1.165) is 55.4 Å². The maximum Gasteiger partial charge on any atom is 0.342 e. The van der Waals surface area contributed by atoms with Gasteiger partial charge in [-0.05, 0) is 56.9 Å². The Kier molecular flexibility index (Phi) is 6.75. The van der Waals surface area contributed by atoms with Gasteiger partial charge in [0.15, 0.2) is 6.10 Å². The molecule has 3 atom stereocenters. The fourth-order valence-corrected chi connectivity index (χ4v) is 5.46. The third-order valence-corrected chi connectivity index (χ3v) is 6.96. The molecule has 0 aromatic carbocycles. The van der Waals surface area contributed by atoms with Crippen molar-refractivity contribution in [1.82, 2.24) is 5.32 Å². The monoisotopic (exact) mass is 406 g/mol. The molecule has 7 heteroatoms. The first kappa shape index (κ1) is 20.8. The zero-order chi connectivity index (χ0) is 20.3. The second-order valence-electron chi connectivity index (χ2n) is 8.02. The molecule has 3 unspecified atom stereocenters. The number of aryl methyl sites for hydroxylation is 1. The Morgan fingerprint density at radius 2 is 1.82 bits per heavy atom. The number of thiophene rings is 1. The Labute approximate surface area is 170 Å². The first-order valence-corrected chi connectivity index (χ1v) is 11.1. The van der Waals surface area contributed by atoms with Gasteiger partial charge in [0.1, 0.15) is 5.00 Å². The minimum Gasteiger partial charge on any atom is -0.449 e. The van der Waals surface area contributed by atoms with Crippen LogP contribution in [0, 0.1) is 5.92 Å². The van der Waals surface area contributed by atoms with E-state index in [2.05, 4.69) is 17.6 Å². The van der Waals surface area contributed by atoms with E-state index in [1.54, 1.807) is 6.92 Å². The molecule has 2 aliphatic carbocycles. The van der Waals surface area contributed by atoms with E-state index in [0.29, 0.717) is 16.5 Å². The zero-order valence-electron chi connectivity index (χ0n) is 16.9. The number of esters is 1. The second kappa shape index (κ2) is 9.07. The molecule has 0 bridgehead atoms. The van der Waals surface area contributed by atoms with Gasteiger partial charge in [0.25, 0.3) is 5.91 Å². The Bertz CT molecular complexity index is 758. The van der Waals surface area contributed by atoms with Gasteiger partial charge in [-0.25, -0.2) is 4.79 Å². The average Bonchev–Trinajstić information content (AvgIpc) is 3.00. The predicted octanol–water partition coefficient (Wildman–Crippen LogP) is 3.83. The molecule has 28 heavy (non-hydrogen) atoms. The van der Waals surface area contributed by atoms with Crippen molar-refractivity contribution in [3.63, 3.8) is 0 Å². The van der Waals surface area contributed by atoms with Gasteiger partial charge < -0.3 is 15.4 Å². The van der Waals surface area contributed by atoms with Crippen LogP contribution >= 0.6 is 11.3 Å². The van der Waals surface area contributed by atoms with Crippen LogP contribution in [0.3, 0.4) is 0 Å². The van der Waals surface area contributed by atoms with E-state index in [9.17, 15) is 14.4 Å². The van der Waals surface area contributed by atoms with Crippen LogP contribution in [0.2, 0.25) is 0 Å². The summed E-state index contributed by atoms with van der Waals surface area (Å²) in [5.74, 6) is -0.555. The summed E-state index contributed by atoms with van der Waals surface area (Å²) in [6.45, 7) is 5.19. The van der Waals surface area contributed by atoms with Crippen LogP contribution in [0.1, 0.15) is 80.1 Å². The van der Waals surface area contributed by atoms with Crippen LogP contribution < -0.4 is 10.6 Å². The van der Waals surface area contributed by atoms with E-state index >= 15 is 0 Å². The molecule has 0 aliphatic heterocycles. The van der Waals surface area contributed by atoms with Crippen molar-refractivity contribution in [2.45, 2.75) is 84.3 Å². The van der Waals surface area contributed by atoms with E-state index in [1.807, 2.05) is 0 Å². The smallest absolute Gasteiger partial charge is 0.342 e. The number of ether oxygens (including phenoxy) is 1. The van der Waals surface area contributed by atoms with Crippen LogP contribution in [-0.4, -0.2) is 29.9 Å². The van der Waals surface area contributed by atoms with Crippen LogP contribution in [-0.2, 0) is 27.2 Å². The normalized spacial score (nSPS) is 22.7. The van der Waals surface area contributed by atoms with Gasteiger partial charge in [-0.15, -0.1) is 11.3 Å². The van der Waals surface area contributed by atoms with Crippen molar-refractivity contribution < 1.29 is 19.1 Å². The number of hydrogen-bond donors (Lipinski definition) is 2. The molecule has 2 N–H and O–H groups in total. The molecule has 1 aromatic heterocycles. The Morgan fingerprint density at radius 3 is 2.54 bits per heavy atom. The summed E-state index contributed by atoms with van der Waals surface area (Å²) in [5, 5.41) is 6.35. The van der Waals surface area contributed by atoms with Crippen LogP contribution in [0.15, 0.2) is 0 Å². The summed E-state index contributed by atoms with van der Waals surface area (Å²) in [4.78, 5) is 38.2. The van der Waals surface area contributed by atoms with Crippen LogP contribution in [0.5, 0.6) is 0 Å². The minimum atomic E-state index is -0.869. The number of hydrogen-bond acceptors (Lipinski definition) is 5. The highest BCUT2D eigenvalue weighted by Gasteiger charge is 2.30. The van der Waals surface area contributed by atoms with Gasteiger partial charge in [-0.2, -0.15) is 0 Å². The number of amides is 2. The summed E-state index contributed by atoms with van der Waals surface area (Å²) < 4.78 is 5.53. The van der Waals surface area contributed by atoms with Gasteiger partial charge >= 0.3 is 5.97 Å². The summed E-state index contributed by atoms with van der Waals surface area (Å²) in [6, 6.07) is 0.145. The first-order chi connectivity index (χ1) is 13.4. The second-order valence-corrected chi connectivity index (χ2v) is 9.13. The maximum atomic E-state index is 12.9. The third-order valence-electron chi connectivity index (χ3n) is 5.76. The lowest BCUT2D eigenvalue weighted by molar-refractivity contribution is -0.130. The third kappa shape index (κ3) is 4.74. The first-order valence-electron chi connectivity index (χ1n) is 10.3. The number of rotatable bonds is 5. The van der Waals surface area contributed by atoms with Crippen molar-refractivity contribution >= 4 is 34.1 Å². The van der Waals surface area contributed by atoms with E-state index in [1.165, 1.54) is 24.7 Å². The topological polar surface area (TPSA) is 84.5 Å². The van der Waals surface area contributed by atoms with Gasteiger partial charge in [-0.3, -0.25) is 9.59 Å². The highest BCUT2D eigenvalue weighted by atomic mass is 32.1. The molecule has 1 fully saturated rings. The van der Waals surface area contributed by atoms with Gasteiger partial charge in [0.05, 0.1) is 5.56 Å². The van der Waals surface area contributed by atoms with Crippen molar-refractivity contribution in [3.05, 3.63) is 16.0 Å². The Hall–Kier alpha value is -1.89. The summed E-state index contributed by atoms with van der Waals surface area (Å²) >= 11 is 1.45. The maximum absolute atomic E-state index is 12.9. The number of fused-ring (bicyclic) bond motifs is 1. The minimum absolute atomic E-state index is 0.145. The number of nitrogens with one attached hydrogen (secondary N) is 2. The molecule has 1 heterocycles. The quantitative estimate of drug-likeness (QED) is 0.728. The molecule has 0 radical (unpaired) electrons. The van der Waals surface area contributed by atoms with Gasteiger partial charge in [0.2, 0.25) is 5.91 Å². The molecule has 3 rings (SSSR count). The van der Waals surface area contributed by atoms with Crippen LogP contribution in [0.4, 0.5) is 5.00 Å². The van der Waals surface area contributed by atoms with E-state index < -0.39 is 12.1 Å². The van der Waals surface area contributed by atoms with Crippen molar-refractivity contribution in [2.24, 2.45) is 5.92 Å². The number of anilines is 1. The lowest BCUT2D eigenvalue weighted by Crippen LogP contribution is -2.46. The molecule has 2 amide bonds. The Balaban J connectivity index is 1.70. The largest absolute Gasteiger partial charge is 0.449 e. The van der Waals surface area contributed by atoms with Crippen molar-refractivity contribution in [2.75, 3.05) is 5.32 Å². The highest BCUT2D eigenvalue weighted by Crippen LogP contribution is 2.38. The molecule has 0 saturated heterocycles. The lowest BCUT2D eigenvalue weighted by atomic mass is 9.86. The molecule has 1 saturated carbocycles. The molecular formula is C21H30N2O4S. The molecule has 1 aromatic rings. The predicted molar refractivity (Wildman–Crippen MR) is 110 cm³/mol. The highest BCUT2D eigenvalue weighted by molar-refractivity contribution is 7.17. The fraction of sp³-hybridized carbons (Fsp3) is 0.667. The summed E-state index contributed by atoms with van der Waals surface area (Å²) in [5.41, 5.74) is 1.40. The Morgan fingerprint density at radius 1 is 1.11 bits per heavy atom. The molecule has 2 aliphatic rings. The molecule has 0 spiro atoms. The van der Waals surface area contributed by atoms with Gasteiger partial charge in [0, 0.05) is 17.8 Å². The molecular weight excluding hydrogens is 376 g/mol. The van der Waals surface area contributed by atoms with Crippen molar-refractivity contribution in [3.8, 4) is 0 Å². The summed E-state index contributed by atoms with van der Waals surface area (Å²) in [7, 11) is 0. The SMILES string of the molecule is CC(=O)Nc1sc2c(c1C(=O)OC(C)C(=O)NC1CCCCC1C)CCCC2. The fourth-order valence-electron chi connectivity index (χ4n) is 4.13. The molecule has 154 valence electrons. The molecule has 6 nitrogen and oxygen atoms in total. The van der Waals surface area contributed by atoms with E-state index in [4.69, 9.17) is 4.74 Å². The van der Waals surface area contributed by atoms with Crippen molar-refractivity contribution in [1.29, 1.82) is 0 Å². The van der Waals surface area contributed by atoms with Gasteiger partial charge in [-0.1, -0.05) is 19.8 Å². The van der Waals surface area contributed by atoms with E-state index in [-0.39, 0.29) is 17.9 Å². The number of carbonyl (C=O) groups is 3. The average molecular weight is 407 g/mol.